The lowest BCUT2D eigenvalue weighted by molar-refractivity contribution is -0.706. The average molecular weight is 204 g/mol. The summed E-state index contributed by atoms with van der Waals surface area (Å²) < 4.78 is 5.92. The van der Waals surface area contributed by atoms with Gasteiger partial charge >= 0.3 is 0 Å². The molecule has 1 saturated heterocycles. The molecule has 0 aromatic carbocycles. The Hall–Kier alpha value is -1.26. The Bertz CT molecular complexity index is 429. The molecule has 4 nitrogen and oxygen atoms in total. The molecule has 0 N–H and O–H groups in total. The van der Waals surface area contributed by atoms with Crippen LogP contribution in [0.5, 0.6) is 0 Å². The lowest BCUT2D eigenvalue weighted by Crippen LogP contribution is -2.43. The van der Waals surface area contributed by atoms with Crippen LogP contribution >= 0.6 is 0 Å². The first kappa shape index (κ1) is 9.00. The monoisotopic (exact) mass is 204 g/mol. The van der Waals surface area contributed by atoms with Crippen molar-refractivity contribution in [3.8, 4) is 0 Å². The van der Waals surface area contributed by atoms with Crippen LogP contribution < -0.4 is 0 Å². The summed E-state index contributed by atoms with van der Waals surface area (Å²) in [5, 5.41) is 0. The second-order valence-electron chi connectivity index (χ2n) is 4.76. The highest BCUT2D eigenvalue weighted by atomic mass is 16.5. The maximum absolute atomic E-state index is 5.29. The SMILES string of the molecule is CC1(C2=C3C=NC=C[N+]3(C)C=N2)COC1. The van der Waals surface area contributed by atoms with E-state index in [2.05, 4.69) is 24.0 Å². The molecule has 0 spiro atoms. The molecular formula is C11H14N3O+. The Morgan fingerprint density at radius 2 is 2.27 bits per heavy atom. The van der Waals surface area contributed by atoms with Gasteiger partial charge in [0.1, 0.15) is 11.9 Å². The Morgan fingerprint density at radius 1 is 1.47 bits per heavy atom. The number of rotatable bonds is 1. The van der Waals surface area contributed by atoms with E-state index in [9.17, 15) is 0 Å². The van der Waals surface area contributed by atoms with E-state index >= 15 is 0 Å². The van der Waals surface area contributed by atoms with E-state index in [-0.39, 0.29) is 5.41 Å². The van der Waals surface area contributed by atoms with Crippen LogP contribution in [0, 0.1) is 5.41 Å². The van der Waals surface area contributed by atoms with Gasteiger partial charge in [-0.25, -0.2) is 9.48 Å². The topological polar surface area (TPSA) is 34.0 Å². The summed E-state index contributed by atoms with van der Waals surface area (Å²) in [6.45, 7) is 3.72. The van der Waals surface area contributed by atoms with Gasteiger partial charge in [0.25, 0.3) is 0 Å². The lowest BCUT2D eigenvalue weighted by atomic mass is 9.84. The Morgan fingerprint density at radius 3 is 2.93 bits per heavy atom. The summed E-state index contributed by atoms with van der Waals surface area (Å²) in [4.78, 5) is 8.74. The minimum absolute atomic E-state index is 0.0824. The summed E-state index contributed by atoms with van der Waals surface area (Å²) in [6, 6.07) is 0. The summed E-state index contributed by atoms with van der Waals surface area (Å²) in [5.74, 6) is 0. The molecule has 3 rings (SSSR count). The van der Waals surface area contributed by atoms with Crippen LogP contribution in [-0.4, -0.2) is 37.3 Å². The number of nitrogens with zero attached hydrogens (tertiary/aromatic N) is 3. The molecule has 3 heterocycles. The van der Waals surface area contributed by atoms with Gasteiger partial charge in [-0.3, -0.25) is 4.99 Å². The number of hydrogen-bond donors (Lipinski definition) is 0. The molecule has 1 unspecified atom stereocenters. The quantitative estimate of drug-likeness (QED) is 0.592. The molecule has 3 aliphatic heterocycles. The molecule has 0 bridgehead atoms. The molecular weight excluding hydrogens is 190 g/mol. The van der Waals surface area contributed by atoms with E-state index < -0.39 is 0 Å². The smallest absolute Gasteiger partial charge is 0.200 e. The predicted octanol–water partition coefficient (Wildman–Crippen LogP) is 1.28. The summed E-state index contributed by atoms with van der Waals surface area (Å²) >= 11 is 0. The van der Waals surface area contributed by atoms with E-state index in [1.165, 1.54) is 5.70 Å². The third kappa shape index (κ3) is 1.09. The van der Waals surface area contributed by atoms with Gasteiger partial charge in [0, 0.05) is 0 Å². The largest absolute Gasteiger partial charge is 0.379 e. The second-order valence-corrected chi connectivity index (χ2v) is 4.76. The van der Waals surface area contributed by atoms with Crippen molar-refractivity contribution in [1.29, 1.82) is 0 Å². The van der Waals surface area contributed by atoms with E-state index in [0.717, 1.165) is 18.9 Å². The van der Waals surface area contributed by atoms with Gasteiger partial charge in [0.2, 0.25) is 0 Å². The Kier molecular flexibility index (Phi) is 1.59. The highest BCUT2D eigenvalue weighted by Gasteiger charge is 2.46. The van der Waals surface area contributed by atoms with Crippen molar-refractivity contribution < 1.29 is 9.22 Å². The first-order valence-electron chi connectivity index (χ1n) is 5.09. The van der Waals surface area contributed by atoms with Gasteiger partial charge in [-0.05, 0) is 6.92 Å². The molecule has 0 radical (unpaired) electrons. The zero-order valence-corrected chi connectivity index (χ0v) is 8.97. The molecule has 0 aromatic heterocycles. The predicted molar refractivity (Wildman–Crippen MR) is 58.3 cm³/mol. The van der Waals surface area contributed by atoms with Crippen molar-refractivity contribution in [2.24, 2.45) is 15.4 Å². The average Bonchev–Trinajstić information content (AvgIpc) is 2.52. The fraction of sp³-hybridized carbons (Fsp3) is 0.455. The normalized spacial score (nSPS) is 35.6. The molecule has 0 saturated carbocycles. The molecule has 4 heteroatoms. The maximum Gasteiger partial charge on any atom is 0.200 e. The second kappa shape index (κ2) is 2.65. The van der Waals surface area contributed by atoms with Crippen molar-refractivity contribution in [2.75, 3.05) is 20.3 Å². The van der Waals surface area contributed by atoms with Crippen molar-refractivity contribution >= 4 is 12.6 Å². The Balaban J connectivity index is 2.10. The van der Waals surface area contributed by atoms with Crippen molar-refractivity contribution in [3.63, 3.8) is 0 Å². The van der Waals surface area contributed by atoms with Gasteiger partial charge in [-0.2, -0.15) is 0 Å². The van der Waals surface area contributed by atoms with Gasteiger partial charge in [0.15, 0.2) is 12.0 Å². The third-order valence-electron chi connectivity index (χ3n) is 3.26. The molecule has 3 aliphatic rings. The first-order chi connectivity index (χ1) is 7.14. The zero-order chi connectivity index (χ0) is 10.5. The first-order valence-corrected chi connectivity index (χ1v) is 5.09. The minimum atomic E-state index is 0.0824. The van der Waals surface area contributed by atoms with Crippen molar-refractivity contribution in [2.45, 2.75) is 6.92 Å². The summed E-state index contributed by atoms with van der Waals surface area (Å²) in [5.41, 5.74) is 2.38. The molecule has 78 valence electrons. The fourth-order valence-electron chi connectivity index (χ4n) is 2.14. The van der Waals surface area contributed by atoms with Gasteiger partial charge in [-0.15, -0.1) is 0 Å². The molecule has 15 heavy (non-hydrogen) atoms. The standard InChI is InChI=1S/C11H14N3O/c1-11(6-15-7-11)10-9-5-12-3-4-14(9,2)8-13-10/h3-5,8H,6-7H2,1-2H3/q+1. The number of quaternary nitrogens is 1. The molecule has 0 aromatic rings. The van der Waals surface area contributed by atoms with Gasteiger partial charge in [-0.1, -0.05) is 0 Å². The van der Waals surface area contributed by atoms with Crippen molar-refractivity contribution in [3.05, 3.63) is 23.8 Å². The molecule has 0 aliphatic carbocycles. The molecule has 1 atom stereocenters. The number of aliphatic imine (C=N–C) groups is 2. The van der Waals surface area contributed by atoms with Gasteiger partial charge in [0.05, 0.1) is 38.1 Å². The highest BCUT2D eigenvalue weighted by Crippen LogP contribution is 2.41. The van der Waals surface area contributed by atoms with Crippen LogP contribution in [-0.2, 0) is 4.74 Å². The molecule has 1 fully saturated rings. The number of fused-ring (bicyclic) bond motifs is 1. The van der Waals surface area contributed by atoms with E-state index in [1.54, 1.807) is 0 Å². The highest BCUT2D eigenvalue weighted by molar-refractivity contribution is 5.83. The van der Waals surface area contributed by atoms with Crippen LogP contribution in [0.15, 0.2) is 33.8 Å². The summed E-state index contributed by atoms with van der Waals surface area (Å²) in [6.07, 6.45) is 7.72. The third-order valence-corrected chi connectivity index (χ3v) is 3.26. The molecule has 0 amide bonds. The van der Waals surface area contributed by atoms with Crippen LogP contribution in [0.3, 0.4) is 0 Å². The van der Waals surface area contributed by atoms with E-state index in [1.807, 2.05) is 25.0 Å². The zero-order valence-electron chi connectivity index (χ0n) is 8.97. The van der Waals surface area contributed by atoms with Crippen LogP contribution in [0.1, 0.15) is 6.92 Å². The van der Waals surface area contributed by atoms with Crippen LogP contribution in [0.4, 0.5) is 0 Å². The van der Waals surface area contributed by atoms with Crippen molar-refractivity contribution in [1.82, 2.24) is 0 Å². The van der Waals surface area contributed by atoms with Gasteiger partial charge < -0.3 is 4.74 Å². The van der Waals surface area contributed by atoms with Crippen LogP contribution in [0.25, 0.3) is 0 Å². The lowest BCUT2D eigenvalue weighted by Gasteiger charge is -2.37. The Labute approximate surface area is 88.9 Å². The van der Waals surface area contributed by atoms with E-state index in [0.29, 0.717) is 4.48 Å². The van der Waals surface area contributed by atoms with Crippen LogP contribution in [0.2, 0.25) is 0 Å². The minimum Gasteiger partial charge on any atom is -0.379 e. The number of hydrogen-bond acceptors (Lipinski definition) is 3. The number of allylic oxidation sites excluding steroid dienone is 1. The van der Waals surface area contributed by atoms with E-state index in [4.69, 9.17) is 4.74 Å². The maximum atomic E-state index is 5.29. The fourth-order valence-corrected chi connectivity index (χ4v) is 2.14. The summed E-state index contributed by atoms with van der Waals surface area (Å²) in [7, 11) is 2.11. The number of ether oxygens (including phenoxy) is 1.